The highest BCUT2D eigenvalue weighted by Gasteiger charge is 2.27. The summed E-state index contributed by atoms with van der Waals surface area (Å²) in [7, 11) is 0. The first-order chi connectivity index (χ1) is 8.56. The van der Waals surface area contributed by atoms with E-state index in [1.807, 2.05) is 0 Å². The molecule has 0 spiro atoms. The molecule has 2 rings (SSSR count). The van der Waals surface area contributed by atoms with Crippen LogP contribution in [0.25, 0.3) is 0 Å². The third-order valence-electron chi connectivity index (χ3n) is 3.40. The molecule has 1 saturated carbocycles. The summed E-state index contributed by atoms with van der Waals surface area (Å²) in [6.07, 6.45) is 4.14. The Morgan fingerprint density at radius 1 is 1.33 bits per heavy atom. The zero-order valence-electron chi connectivity index (χ0n) is 10.3. The summed E-state index contributed by atoms with van der Waals surface area (Å²) in [4.78, 5) is 22.7. The van der Waals surface area contributed by atoms with Crippen LogP contribution in [0, 0.1) is 12.8 Å². The van der Waals surface area contributed by atoms with E-state index in [1.165, 1.54) is 6.26 Å². The van der Waals surface area contributed by atoms with Crippen molar-refractivity contribution in [2.45, 2.75) is 38.6 Å². The third-order valence-corrected chi connectivity index (χ3v) is 3.40. The Bertz CT molecular complexity index is 444. The molecule has 1 amide bonds. The van der Waals surface area contributed by atoms with Crippen LogP contribution in [-0.4, -0.2) is 23.0 Å². The maximum atomic E-state index is 11.9. The Labute approximate surface area is 105 Å². The summed E-state index contributed by atoms with van der Waals surface area (Å²) in [5, 5.41) is 11.8. The van der Waals surface area contributed by atoms with E-state index in [9.17, 15) is 9.59 Å². The number of carboxylic acids is 1. The van der Waals surface area contributed by atoms with Crippen molar-refractivity contribution in [2.24, 2.45) is 5.92 Å². The van der Waals surface area contributed by atoms with Crippen molar-refractivity contribution in [3.05, 3.63) is 23.7 Å². The van der Waals surface area contributed by atoms with Crippen LogP contribution in [0.2, 0.25) is 0 Å². The number of hydrogen-bond donors (Lipinski definition) is 2. The molecule has 5 nitrogen and oxygen atoms in total. The average Bonchev–Trinajstić information content (AvgIpc) is 2.76. The van der Waals surface area contributed by atoms with E-state index >= 15 is 0 Å². The molecule has 1 aromatic rings. The third kappa shape index (κ3) is 2.91. The zero-order chi connectivity index (χ0) is 13.1. The number of amides is 1. The van der Waals surface area contributed by atoms with Gasteiger partial charge < -0.3 is 14.8 Å². The topological polar surface area (TPSA) is 79.5 Å². The fraction of sp³-hybridized carbons (Fsp3) is 0.538. The Morgan fingerprint density at radius 2 is 2.00 bits per heavy atom. The molecule has 1 aliphatic carbocycles. The fourth-order valence-corrected chi connectivity index (χ4v) is 2.32. The minimum Gasteiger partial charge on any atom is -0.481 e. The van der Waals surface area contributed by atoms with Gasteiger partial charge in [0.05, 0.1) is 11.5 Å². The number of nitrogens with one attached hydrogen (secondary N) is 1. The average molecular weight is 251 g/mol. The number of aliphatic carboxylic acids is 1. The van der Waals surface area contributed by atoms with Gasteiger partial charge in [-0.15, -0.1) is 0 Å². The summed E-state index contributed by atoms with van der Waals surface area (Å²) in [6.45, 7) is 1.79. The minimum absolute atomic E-state index is 0.0725. The van der Waals surface area contributed by atoms with Gasteiger partial charge in [0.1, 0.15) is 12.0 Å². The number of furan rings is 1. The maximum Gasteiger partial charge on any atom is 0.306 e. The molecule has 0 saturated heterocycles. The Balaban J connectivity index is 1.85. The lowest BCUT2D eigenvalue weighted by atomic mass is 9.86. The summed E-state index contributed by atoms with van der Waals surface area (Å²) in [6, 6.07) is 1.77. The molecule has 5 heteroatoms. The quantitative estimate of drug-likeness (QED) is 0.860. The van der Waals surface area contributed by atoms with E-state index in [0.717, 1.165) is 12.8 Å². The molecule has 0 aliphatic heterocycles. The summed E-state index contributed by atoms with van der Waals surface area (Å²) >= 11 is 0. The first-order valence-corrected chi connectivity index (χ1v) is 6.15. The molecule has 0 bridgehead atoms. The molecule has 0 atom stereocenters. The number of carbonyl (C=O) groups is 2. The molecule has 1 aliphatic rings. The number of aryl methyl sites for hydroxylation is 1. The molecular formula is C13H17NO4. The molecule has 2 N–H and O–H groups in total. The van der Waals surface area contributed by atoms with Crippen LogP contribution < -0.4 is 5.32 Å². The molecule has 1 fully saturated rings. The Hall–Kier alpha value is -1.78. The highest BCUT2D eigenvalue weighted by Crippen LogP contribution is 2.24. The van der Waals surface area contributed by atoms with E-state index in [2.05, 4.69) is 5.32 Å². The number of carbonyl (C=O) groups excluding carboxylic acids is 1. The molecule has 18 heavy (non-hydrogen) atoms. The number of rotatable bonds is 3. The first-order valence-electron chi connectivity index (χ1n) is 6.15. The van der Waals surface area contributed by atoms with Gasteiger partial charge in [-0.2, -0.15) is 0 Å². The smallest absolute Gasteiger partial charge is 0.306 e. The van der Waals surface area contributed by atoms with Crippen LogP contribution in [-0.2, 0) is 4.79 Å². The lowest BCUT2D eigenvalue weighted by Crippen LogP contribution is -2.38. The van der Waals surface area contributed by atoms with Crippen molar-refractivity contribution in [1.82, 2.24) is 5.32 Å². The zero-order valence-corrected chi connectivity index (χ0v) is 10.3. The summed E-state index contributed by atoms with van der Waals surface area (Å²) < 4.78 is 5.08. The van der Waals surface area contributed by atoms with Gasteiger partial charge in [0, 0.05) is 6.04 Å². The SMILES string of the molecule is Cc1cc(C(=O)NC2CCC(C(=O)O)CC2)co1. The molecule has 98 valence electrons. The second-order valence-electron chi connectivity index (χ2n) is 4.81. The van der Waals surface area contributed by atoms with E-state index in [1.54, 1.807) is 13.0 Å². The van der Waals surface area contributed by atoms with Crippen molar-refractivity contribution in [2.75, 3.05) is 0 Å². The lowest BCUT2D eigenvalue weighted by molar-refractivity contribution is -0.142. The highest BCUT2D eigenvalue weighted by atomic mass is 16.4. The molecular weight excluding hydrogens is 234 g/mol. The predicted molar refractivity (Wildman–Crippen MR) is 64.3 cm³/mol. The standard InChI is InChI=1S/C13H17NO4/c1-8-6-10(7-18-8)12(15)14-11-4-2-9(3-5-11)13(16)17/h6-7,9,11H,2-5H2,1H3,(H,14,15)(H,16,17). The van der Waals surface area contributed by atoms with Crippen LogP contribution in [0.1, 0.15) is 41.8 Å². The van der Waals surface area contributed by atoms with Crippen LogP contribution in [0.3, 0.4) is 0 Å². The largest absolute Gasteiger partial charge is 0.481 e. The van der Waals surface area contributed by atoms with Crippen LogP contribution >= 0.6 is 0 Å². The van der Waals surface area contributed by atoms with Crippen molar-refractivity contribution in [3.63, 3.8) is 0 Å². The van der Waals surface area contributed by atoms with Crippen LogP contribution in [0.4, 0.5) is 0 Å². The van der Waals surface area contributed by atoms with Crippen molar-refractivity contribution in [3.8, 4) is 0 Å². The van der Waals surface area contributed by atoms with Gasteiger partial charge in [-0.25, -0.2) is 0 Å². The van der Waals surface area contributed by atoms with Crippen molar-refractivity contribution >= 4 is 11.9 Å². The van der Waals surface area contributed by atoms with Gasteiger partial charge >= 0.3 is 5.97 Å². The maximum absolute atomic E-state index is 11.9. The van der Waals surface area contributed by atoms with Crippen LogP contribution in [0.5, 0.6) is 0 Å². The fourth-order valence-electron chi connectivity index (χ4n) is 2.32. The highest BCUT2D eigenvalue weighted by molar-refractivity contribution is 5.94. The molecule has 0 aromatic carbocycles. The van der Waals surface area contributed by atoms with Gasteiger partial charge in [0.25, 0.3) is 5.91 Å². The number of hydrogen-bond acceptors (Lipinski definition) is 3. The second-order valence-corrected chi connectivity index (χ2v) is 4.81. The van der Waals surface area contributed by atoms with E-state index in [0.29, 0.717) is 24.2 Å². The Kier molecular flexibility index (Phi) is 3.69. The van der Waals surface area contributed by atoms with Gasteiger partial charge in [0.2, 0.25) is 0 Å². The first kappa shape index (κ1) is 12.7. The lowest BCUT2D eigenvalue weighted by Gasteiger charge is -2.26. The van der Waals surface area contributed by atoms with Crippen LogP contribution in [0.15, 0.2) is 16.7 Å². The predicted octanol–water partition coefficient (Wildman–Crippen LogP) is 1.96. The Morgan fingerprint density at radius 3 is 2.50 bits per heavy atom. The van der Waals surface area contributed by atoms with Gasteiger partial charge in [-0.3, -0.25) is 9.59 Å². The van der Waals surface area contributed by atoms with Gasteiger partial charge in [-0.05, 0) is 38.7 Å². The van der Waals surface area contributed by atoms with Gasteiger partial charge in [0.15, 0.2) is 0 Å². The van der Waals surface area contributed by atoms with E-state index in [4.69, 9.17) is 9.52 Å². The summed E-state index contributed by atoms with van der Waals surface area (Å²) in [5.74, 6) is -0.431. The molecule has 0 radical (unpaired) electrons. The molecule has 0 unspecified atom stereocenters. The molecule has 1 heterocycles. The summed E-state index contributed by atoms with van der Waals surface area (Å²) in [5.41, 5.74) is 0.521. The van der Waals surface area contributed by atoms with Gasteiger partial charge in [-0.1, -0.05) is 0 Å². The van der Waals surface area contributed by atoms with E-state index in [-0.39, 0.29) is 17.9 Å². The second kappa shape index (κ2) is 5.25. The van der Waals surface area contributed by atoms with Crippen molar-refractivity contribution < 1.29 is 19.1 Å². The van der Waals surface area contributed by atoms with E-state index < -0.39 is 5.97 Å². The van der Waals surface area contributed by atoms with Crippen molar-refractivity contribution in [1.29, 1.82) is 0 Å². The molecule has 1 aromatic heterocycles. The monoisotopic (exact) mass is 251 g/mol. The normalized spacial score (nSPS) is 23.6. The number of carboxylic acid groups (broad SMARTS) is 1. The minimum atomic E-state index is -0.731.